The number of carbonyl (C=O) groups excluding carboxylic acids is 1. The van der Waals surface area contributed by atoms with E-state index in [1.54, 1.807) is 42.5 Å². The van der Waals surface area contributed by atoms with E-state index in [9.17, 15) is 9.18 Å². The summed E-state index contributed by atoms with van der Waals surface area (Å²) in [6, 6.07) is 20.4. The monoisotopic (exact) mass is 485 g/mol. The summed E-state index contributed by atoms with van der Waals surface area (Å²) in [4.78, 5) is 19.9. The molecule has 1 aromatic heterocycles. The number of hydrogen-bond acceptors (Lipinski definition) is 6. The van der Waals surface area contributed by atoms with E-state index in [2.05, 4.69) is 0 Å². The van der Waals surface area contributed by atoms with Crippen LogP contribution in [0.5, 0.6) is 17.2 Å². The summed E-state index contributed by atoms with van der Waals surface area (Å²) < 4.78 is 31.1. The fourth-order valence-electron chi connectivity index (χ4n) is 4.04. The summed E-state index contributed by atoms with van der Waals surface area (Å²) in [5.41, 5.74) is 2.14. The van der Waals surface area contributed by atoms with Gasteiger partial charge in [-0.2, -0.15) is 5.26 Å². The number of benzene rings is 3. The minimum absolute atomic E-state index is 0.0342. The third-order valence-electron chi connectivity index (χ3n) is 5.74. The zero-order valence-corrected chi connectivity index (χ0v) is 20.1. The van der Waals surface area contributed by atoms with Gasteiger partial charge in [0, 0.05) is 17.5 Å². The number of carbonyl (C=O) groups is 1. The van der Waals surface area contributed by atoms with Crippen molar-refractivity contribution in [3.05, 3.63) is 78.1 Å². The van der Waals surface area contributed by atoms with Crippen LogP contribution in [-0.2, 0) is 0 Å². The van der Waals surface area contributed by atoms with Crippen molar-refractivity contribution >= 4 is 22.5 Å². The van der Waals surface area contributed by atoms with Gasteiger partial charge in [-0.05, 0) is 36.4 Å². The maximum Gasteiger partial charge on any atom is 0.259 e. The summed E-state index contributed by atoms with van der Waals surface area (Å²) in [6.45, 7) is 0.0342. The maximum atomic E-state index is 14.7. The van der Waals surface area contributed by atoms with E-state index in [1.165, 1.54) is 38.4 Å². The molecule has 0 bridgehead atoms. The number of pyridine rings is 1. The Balaban J connectivity index is 1.92. The molecule has 0 fully saturated rings. The fourth-order valence-corrected chi connectivity index (χ4v) is 4.04. The van der Waals surface area contributed by atoms with E-state index in [-0.39, 0.29) is 18.7 Å². The molecule has 36 heavy (non-hydrogen) atoms. The number of ether oxygens (including phenoxy) is 3. The highest BCUT2D eigenvalue weighted by Gasteiger charge is 2.24. The van der Waals surface area contributed by atoms with Crippen molar-refractivity contribution in [2.75, 3.05) is 32.8 Å². The van der Waals surface area contributed by atoms with Crippen LogP contribution >= 0.6 is 0 Å². The molecule has 0 aliphatic rings. The Morgan fingerprint density at radius 3 is 2.28 bits per heavy atom. The van der Waals surface area contributed by atoms with Crippen LogP contribution in [0.1, 0.15) is 16.8 Å². The molecule has 0 atom stereocenters. The number of para-hydroxylation sites is 2. The lowest BCUT2D eigenvalue weighted by atomic mass is 10.0. The van der Waals surface area contributed by atoms with Gasteiger partial charge in [0.05, 0.1) is 56.3 Å². The van der Waals surface area contributed by atoms with Crippen molar-refractivity contribution in [3.63, 3.8) is 0 Å². The van der Waals surface area contributed by atoms with Crippen LogP contribution in [0.4, 0.5) is 10.1 Å². The van der Waals surface area contributed by atoms with Crippen LogP contribution in [0.25, 0.3) is 22.2 Å². The average molecular weight is 486 g/mol. The van der Waals surface area contributed by atoms with E-state index in [4.69, 9.17) is 24.5 Å². The van der Waals surface area contributed by atoms with Gasteiger partial charge >= 0.3 is 0 Å². The Labute approximate surface area is 208 Å². The molecule has 1 amide bonds. The lowest BCUT2D eigenvalue weighted by Crippen LogP contribution is -2.32. The Morgan fingerprint density at radius 1 is 0.972 bits per heavy atom. The summed E-state index contributed by atoms with van der Waals surface area (Å²) in [7, 11) is 4.56. The first kappa shape index (κ1) is 24.5. The second-order valence-electron chi connectivity index (χ2n) is 7.80. The molecule has 0 saturated carbocycles. The summed E-state index contributed by atoms with van der Waals surface area (Å²) in [5.74, 6) is 0.325. The predicted molar refractivity (Wildman–Crippen MR) is 135 cm³/mol. The van der Waals surface area contributed by atoms with Crippen LogP contribution in [0.15, 0.2) is 66.7 Å². The third kappa shape index (κ3) is 4.64. The molecule has 0 radical (unpaired) electrons. The zero-order valence-electron chi connectivity index (χ0n) is 20.1. The van der Waals surface area contributed by atoms with Crippen molar-refractivity contribution in [2.24, 2.45) is 0 Å². The largest absolute Gasteiger partial charge is 0.493 e. The molecule has 3 aromatic carbocycles. The minimum atomic E-state index is -0.549. The molecule has 0 spiro atoms. The van der Waals surface area contributed by atoms with Gasteiger partial charge < -0.3 is 19.1 Å². The van der Waals surface area contributed by atoms with Gasteiger partial charge in [-0.1, -0.05) is 30.3 Å². The molecule has 4 rings (SSSR count). The fraction of sp³-hybridized carbons (Fsp3) is 0.179. The number of nitrogens with zero attached hydrogens (tertiary/aromatic N) is 3. The number of fused-ring (bicyclic) bond motifs is 1. The molecule has 4 aromatic rings. The number of anilines is 1. The highest BCUT2D eigenvalue weighted by atomic mass is 19.1. The lowest BCUT2D eigenvalue weighted by Gasteiger charge is -2.23. The molecular formula is C28H24FN3O4. The van der Waals surface area contributed by atoms with Crippen LogP contribution in [-0.4, -0.2) is 38.8 Å². The quantitative estimate of drug-likeness (QED) is 0.322. The van der Waals surface area contributed by atoms with E-state index in [1.807, 2.05) is 18.2 Å². The van der Waals surface area contributed by atoms with Crippen molar-refractivity contribution < 1.29 is 23.4 Å². The Bertz CT molecular complexity index is 1440. The van der Waals surface area contributed by atoms with Gasteiger partial charge in [-0.25, -0.2) is 9.37 Å². The smallest absolute Gasteiger partial charge is 0.259 e. The van der Waals surface area contributed by atoms with Gasteiger partial charge in [0.15, 0.2) is 11.5 Å². The second-order valence-corrected chi connectivity index (χ2v) is 7.80. The highest BCUT2D eigenvalue weighted by molar-refractivity contribution is 6.14. The second kappa shape index (κ2) is 10.7. The minimum Gasteiger partial charge on any atom is -0.493 e. The highest BCUT2D eigenvalue weighted by Crippen LogP contribution is 2.41. The van der Waals surface area contributed by atoms with Crippen molar-refractivity contribution in [2.45, 2.75) is 6.42 Å². The van der Waals surface area contributed by atoms with Gasteiger partial charge in [0.2, 0.25) is 5.75 Å². The molecular weight excluding hydrogens is 461 g/mol. The molecule has 0 unspecified atom stereocenters. The van der Waals surface area contributed by atoms with E-state index < -0.39 is 11.7 Å². The van der Waals surface area contributed by atoms with Crippen LogP contribution in [0.2, 0.25) is 0 Å². The molecule has 182 valence electrons. The normalized spacial score (nSPS) is 10.5. The van der Waals surface area contributed by atoms with Crippen LogP contribution in [0.3, 0.4) is 0 Å². The Hall–Kier alpha value is -4.64. The number of halogens is 1. The molecule has 8 heteroatoms. The van der Waals surface area contributed by atoms with Gasteiger partial charge in [-0.3, -0.25) is 4.79 Å². The van der Waals surface area contributed by atoms with Crippen molar-refractivity contribution in [1.82, 2.24) is 4.98 Å². The number of aromatic nitrogens is 1. The molecule has 0 aliphatic carbocycles. The molecule has 1 heterocycles. The first-order chi connectivity index (χ1) is 17.5. The van der Waals surface area contributed by atoms with Crippen LogP contribution in [0, 0.1) is 17.1 Å². The predicted octanol–water partition coefficient (Wildman–Crippen LogP) is 5.63. The third-order valence-corrected chi connectivity index (χ3v) is 5.74. The van der Waals surface area contributed by atoms with Crippen LogP contribution < -0.4 is 19.1 Å². The van der Waals surface area contributed by atoms with Gasteiger partial charge in [0.1, 0.15) is 5.82 Å². The zero-order chi connectivity index (χ0) is 25.7. The summed E-state index contributed by atoms with van der Waals surface area (Å²) in [6.07, 6.45) is 0.0445. The first-order valence-corrected chi connectivity index (χ1v) is 11.2. The van der Waals surface area contributed by atoms with E-state index in [0.717, 1.165) is 0 Å². The molecule has 0 aliphatic heterocycles. The number of amides is 1. The number of methoxy groups -OCH3 is 3. The Kier molecular flexibility index (Phi) is 7.31. The summed E-state index contributed by atoms with van der Waals surface area (Å²) >= 11 is 0. The van der Waals surface area contributed by atoms with Crippen molar-refractivity contribution in [1.29, 1.82) is 5.26 Å². The number of hydrogen-bond donors (Lipinski definition) is 0. The SMILES string of the molecule is COc1cc(-c2cc(C(=O)N(CCC#N)c3ccccc3F)c3ccccc3n2)cc(OC)c1OC. The summed E-state index contributed by atoms with van der Waals surface area (Å²) in [5, 5.41) is 9.77. The first-order valence-electron chi connectivity index (χ1n) is 11.2. The average Bonchev–Trinajstić information content (AvgIpc) is 2.92. The van der Waals surface area contributed by atoms with Gasteiger partial charge in [0.25, 0.3) is 5.91 Å². The number of nitriles is 1. The van der Waals surface area contributed by atoms with E-state index >= 15 is 0 Å². The van der Waals surface area contributed by atoms with E-state index in [0.29, 0.717) is 45.0 Å². The molecule has 7 nitrogen and oxygen atoms in total. The topological polar surface area (TPSA) is 84.7 Å². The Morgan fingerprint density at radius 2 is 1.64 bits per heavy atom. The maximum absolute atomic E-state index is 14.7. The van der Waals surface area contributed by atoms with Crippen molar-refractivity contribution in [3.8, 4) is 34.6 Å². The molecule has 0 N–H and O–H groups in total. The number of rotatable bonds is 8. The van der Waals surface area contributed by atoms with Gasteiger partial charge in [-0.15, -0.1) is 0 Å². The standard InChI is InChI=1S/C28H24FN3O4/c1-34-25-15-18(16-26(35-2)27(25)36-3)23-17-20(19-9-4-6-11-22(19)31-23)28(33)32(14-8-13-30)24-12-7-5-10-21(24)29/h4-7,9-12,15-17H,8,14H2,1-3H3. The molecule has 0 saturated heterocycles. The lowest BCUT2D eigenvalue weighted by molar-refractivity contribution is 0.0988.